The third kappa shape index (κ3) is 7.01. The zero-order chi connectivity index (χ0) is 22.1. The van der Waals surface area contributed by atoms with Gasteiger partial charge in [-0.25, -0.2) is 5.01 Å². The molecule has 1 aromatic rings. The van der Waals surface area contributed by atoms with Crippen LogP contribution in [0.4, 0.5) is 0 Å². The van der Waals surface area contributed by atoms with Crippen molar-refractivity contribution < 1.29 is 14.3 Å². The molecule has 30 heavy (non-hydrogen) atoms. The number of allylic oxidation sites excluding steroid dienone is 6. The number of benzene rings is 1. The highest BCUT2D eigenvalue weighted by Gasteiger charge is 2.11. The molecule has 0 aromatic heterocycles. The van der Waals surface area contributed by atoms with Gasteiger partial charge in [0.15, 0.2) is 0 Å². The molecular weight excluding hydrogens is 376 g/mol. The first-order chi connectivity index (χ1) is 14.3. The van der Waals surface area contributed by atoms with Gasteiger partial charge in [0, 0.05) is 19.2 Å². The third-order valence-corrected chi connectivity index (χ3v) is 5.20. The number of hydrazine groups is 1. The molecule has 0 aliphatic carbocycles. The Kier molecular flexibility index (Phi) is 9.09. The van der Waals surface area contributed by atoms with Crippen molar-refractivity contribution in [3.8, 4) is 5.75 Å². The van der Waals surface area contributed by atoms with Gasteiger partial charge in [0.1, 0.15) is 5.75 Å². The molecule has 1 aromatic carbocycles. The minimum absolute atomic E-state index is 0.111. The Morgan fingerprint density at radius 1 is 1.10 bits per heavy atom. The molecule has 0 radical (unpaired) electrons. The molecule has 1 heterocycles. The number of nitrogens with one attached hydrogen (secondary N) is 1. The average Bonchev–Trinajstić information content (AvgIpc) is 2.71. The fourth-order valence-corrected chi connectivity index (χ4v) is 3.27. The Hall–Kier alpha value is -2.63. The minimum atomic E-state index is -0.111. The van der Waals surface area contributed by atoms with Crippen LogP contribution >= 0.6 is 0 Å². The van der Waals surface area contributed by atoms with E-state index in [1.165, 1.54) is 22.3 Å². The molecule has 0 bridgehead atoms. The van der Waals surface area contributed by atoms with E-state index in [2.05, 4.69) is 51.3 Å². The number of aryl methyl sites for hydroxylation is 1. The average molecular weight is 411 g/mol. The molecular formula is C25H34N2O3. The zero-order valence-electron chi connectivity index (χ0n) is 19.0. The number of carbonyl (C=O) groups excluding carboxylic acids is 1. The fourth-order valence-electron chi connectivity index (χ4n) is 3.27. The number of amides is 1. The van der Waals surface area contributed by atoms with Crippen LogP contribution in [-0.2, 0) is 9.53 Å². The first-order valence-electron chi connectivity index (χ1n) is 10.3. The van der Waals surface area contributed by atoms with Crippen molar-refractivity contribution in [1.29, 1.82) is 0 Å². The molecule has 5 heteroatoms. The van der Waals surface area contributed by atoms with Gasteiger partial charge in [0.2, 0.25) is 0 Å². The second-order valence-electron chi connectivity index (χ2n) is 7.63. The number of hydrogen-bond donors (Lipinski definition) is 1. The lowest BCUT2D eigenvalue weighted by molar-refractivity contribution is -0.123. The van der Waals surface area contributed by atoms with Crippen molar-refractivity contribution in [2.75, 3.05) is 33.4 Å². The largest absolute Gasteiger partial charge is 0.496 e. The van der Waals surface area contributed by atoms with Crippen molar-refractivity contribution in [2.45, 2.75) is 34.6 Å². The van der Waals surface area contributed by atoms with Gasteiger partial charge in [-0.15, -0.1) is 0 Å². The summed E-state index contributed by atoms with van der Waals surface area (Å²) in [6.07, 6.45) is 11.8. The van der Waals surface area contributed by atoms with Gasteiger partial charge in [0.05, 0.1) is 20.3 Å². The highest BCUT2D eigenvalue weighted by atomic mass is 16.5. The molecule has 2 rings (SSSR count). The SMILES string of the molecule is COc1cc(C)c(/C=C/C(C)=C/C=C/C(C)=C/C(=O)NN2CCOCC2)c(C)c1C. The maximum atomic E-state index is 12.1. The molecule has 1 amide bonds. The molecule has 1 saturated heterocycles. The lowest BCUT2D eigenvalue weighted by Crippen LogP contribution is -2.47. The standard InChI is InChI=1S/C25H34N2O3/c1-18(10-11-23-20(3)17-24(29-6)22(5)21(23)4)8-7-9-19(2)16-25(28)26-27-12-14-30-15-13-27/h7-11,16-17H,12-15H2,1-6H3,(H,26,28)/b9-7+,11-10+,18-8+,19-16+. The predicted molar refractivity (Wildman–Crippen MR) is 123 cm³/mol. The van der Waals surface area contributed by atoms with Gasteiger partial charge < -0.3 is 9.47 Å². The van der Waals surface area contributed by atoms with E-state index >= 15 is 0 Å². The number of hydrogen-bond acceptors (Lipinski definition) is 4. The summed E-state index contributed by atoms with van der Waals surface area (Å²) in [6.45, 7) is 13.0. The summed E-state index contributed by atoms with van der Waals surface area (Å²) in [6, 6.07) is 2.08. The topological polar surface area (TPSA) is 50.8 Å². The van der Waals surface area contributed by atoms with Gasteiger partial charge >= 0.3 is 0 Å². The van der Waals surface area contributed by atoms with Gasteiger partial charge in [-0.1, -0.05) is 36.0 Å². The molecule has 0 saturated carbocycles. The van der Waals surface area contributed by atoms with Crippen molar-refractivity contribution in [3.63, 3.8) is 0 Å². The summed E-state index contributed by atoms with van der Waals surface area (Å²) < 4.78 is 10.7. The quantitative estimate of drug-likeness (QED) is 0.533. The van der Waals surface area contributed by atoms with Crippen LogP contribution in [0.1, 0.15) is 36.1 Å². The van der Waals surface area contributed by atoms with E-state index in [9.17, 15) is 4.79 Å². The first-order valence-corrected chi connectivity index (χ1v) is 10.3. The van der Waals surface area contributed by atoms with Crippen LogP contribution in [0.3, 0.4) is 0 Å². The molecule has 1 fully saturated rings. The van der Waals surface area contributed by atoms with Crippen LogP contribution in [0.5, 0.6) is 5.75 Å². The molecule has 1 aliphatic rings. The van der Waals surface area contributed by atoms with Gasteiger partial charge in [0.25, 0.3) is 5.91 Å². The monoisotopic (exact) mass is 410 g/mol. The molecule has 0 unspecified atom stereocenters. The summed E-state index contributed by atoms with van der Waals surface area (Å²) in [5, 5.41) is 1.89. The zero-order valence-corrected chi connectivity index (χ0v) is 19.0. The van der Waals surface area contributed by atoms with Crippen molar-refractivity contribution in [3.05, 3.63) is 69.8 Å². The van der Waals surface area contributed by atoms with Crippen LogP contribution in [0, 0.1) is 20.8 Å². The molecule has 1 aliphatic heterocycles. The van der Waals surface area contributed by atoms with Crippen LogP contribution < -0.4 is 10.2 Å². The maximum Gasteiger partial charge on any atom is 0.258 e. The number of carbonyl (C=O) groups is 1. The summed E-state index contributed by atoms with van der Waals surface area (Å²) in [5.41, 5.74) is 9.72. The molecule has 162 valence electrons. The van der Waals surface area contributed by atoms with Crippen LogP contribution in [0.25, 0.3) is 6.08 Å². The second kappa shape index (κ2) is 11.5. The number of methoxy groups -OCH3 is 1. The lowest BCUT2D eigenvalue weighted by Gasteiger charge is -2.26. The third-order valence-electron chi connectivity index (χ3n) is 5.20. The molecule has 0 atom stereocenters. The lowest BCUT2D eigenvalue weighted by atomic mass is 9.96. The van der Waals surface area contributed by atoms with Crippen LogP contribution in [0.2, 0.25) is 0 Å². The van der Waals surface area contributed by atoms with E-state index in [1.807, 2.05) is 30.2 Å². The maximum absolute atomic E-state index is 12.1. The van der Waals surface area contributed by atoms with E-state index in [1.54, 1.807) is 13.2 Å². The van der Waals surface area contributed by atoms with E-state index in [-0.39, 0.29) is 5.91 Å². The summed E-state index contributed by atoms with van der Waals surface area (Å²) in [7, 11) is 1.71. The summed E-state index contributed by atoms with van der Waals surface area (Å²) >= 11 is 0. The highest BCUT2D eigenvalue weighted by Crippen LogP contribution is 2.28. The normalized spacial score (nSPS) is 16.5. The number of rotatable bonds is 7. The number of nitrogens with zero attached hydrogens (tertiary/aromatic N) is 1. The summed E-state index contributed by atoms with van der Waals surface area (Å²) in [4.78, 5) is 12.1. The van der Waals surface area contributed by atoms with E-state index < -0.39 is 0 Å². The van der Waals surface area contributed by atoms with Crippen molar-refractivity contribution in [1.82, 2.24) is 10.4 Å². The Balaban J connectivity index is 1.98. The Morgan fingerprint density at radius 2 is 1.80 bits per heavy atom. The Morgan fingerprint density at radius 3 is 2.47 bits per heavy atom. The molecule has 5 nitrogen and oxygen atoms in total. The minimum Gasteiger partial charge on any atom is -0.496 e. The fraction of sp³-hybridized carbons (Fsp3) is 0.400. The smallest absolute Gasteiger partial charge is 0.258 e. The predicted octanol–water partition coefficient (Wildman–Crippen LogP) is 4.45. The number of ether oxygens (including phenoxy) is 2. The van der Waals surface area contributed by atoms with Crippen molar-refractivity contribution >= 4 is 12.0 Å². The Labute approximate surface area is 180 Å². The van der Waals surface area contributed by atoms with Crippen LogP contribution in [0.15, 0.2) is 47.6 Å². The van der Waals surface area contributed by atoms with Gasteiger partial charge in [-0.2, -0.15) is 0 Å². The van der Waals surface area contributed by atoms with Gasteiger partial charge in [-0.3, -0.25) is 10.2 Å². The van der Waals surface area contributed by atoms with E-state index in [4.69, 9.17) is 9.47 Å². The first kappa shape index (κ1) is 23.6. The Bertz CT molecular complexity index is 873. The van der Waals surface area contributed by atoms with Crippen molar-refractivity contribution in [2.24, 2.45) is 0 Å². The van der Waals surface area contributed by atoms with E-state index in [0.29, 0.717) is 13.2 Å². The van der Waals surface area contributed by atoms with E-state index in [0.717, 1.165) is 30.0 Å². The summed E-state index contributed by atoms with van der Waals surface area (Å²) in [5.74, 6) is 0.817. The molecule has 0 spiro atoms. The van der Waals surface area contributed by atoms with Crippen LogP contribution in [-0.4, -0.2) is 44.3 Å². The highest BCUT2D eigenvalue weighted by molar-refractivity contribution is 5.88. The second-order valence-corrected chi connectivity index (χ2v) is 7.63. The number of morpholine rings is 1. The van der Waals surface area contributed by atoms with Gasteiger partial charge in [-0.05, 0) is 68.5 Å². The molecule has 1 N–H and O–H groups in total.